The molecule has 10 heteroatoms. The van der Waals surface area contributed by atoms with E-state index < -0.39 is 0 Å². The van der Waals surface area contributed by atoms with E-state index in [1.165, 1.54) is 6.33 Å². The highest BCUT2D eigenvalue weighted by molar-refractivity contribution is 6.37. The van der Waals surface area contributed by atoms with Crippen LogP contribution in [0.3, 0.4) is 0 Å². The minimum atomic E-state index is 0.226. The molecule has 0 radical (unpaired) electrons. The van der Waals surface area contributed by atoms with Crippen molar-refractivity contribution in [1.29, 1.82) is 0 Å². The summed E-state index contributed by atoms with van der Waals surface area (Å²) >= 11 is 12.6. The van der Waals surface area contributed by atoms with E-state index in [-0.39, 0.29) is 5.54 Å². The van der Waals surface area contributed by atoms with Gasteiger partial charge in [-0.2, -0.15) is 0 Å². The van der Waals surface area contributed by atoms with Crippen LogP contribution < -0.4 is 19.5 Å². The highest BCUT2D eigenvalue weighted by Crippen LogP contribution is 2.38. The summed E-state index contributed by atoms with van der Waals surface area (Å²) in [6.45, 7) is 12.8. The molecule has 0 unspecified atom stereocenters. The molecule has 0 atom stereocenters. The van der Waals surface area contributed by atoms with Gasteiger partial charge < -0.3 is 24.4 Å². The minimum Gasteiger partial charge on any atom is -0.495 e. The van der Waals surface area contributed by atoms with Crippen LogP contribution in [-0.4, -0.2) is 78.9 Å². The molecule has 2 heterocycles. The van der Waals surface area contributed by atoms with Crippen molar-refractivity contribution < 1.29 is 14.2 Å². The minimum absolute atomic E-state index is 0.226. The molecule has 3 aromatic rings. The molecule has 0 amide bonds. The maximum absolute atomic E-state index is 6.42. The van der Waals surface area contributed by atoms with Crippen LogP contribution in [0.1, 0.15) is 27.2 Å². The van der Waals surface area contributed by atoms with Crippen molar-refractivity contribution in [3.05, 3.63) is 40.6 Å². The Kier molecular flexibility index (Phi) is 8.85. The van der Waals surface area contributed by atoms with Gasteiger partial charge in [-0.1, -0.05) is 23.2 Å². The Balaban J connectivity index is 1.45. The zero-order chi connectivity index (χ0) is 26.6. The van der Waals surface area contributed by atoms with Gasteiger partial charge in [0.1, 0.15) is 17.9 Å². The zero-order valence-corrected chi connectivity index (χ0v) is 23.6. The van der Waals surface area contributed by atoms with Gasteiger partial charge in [0.2, 0.25) is 0 Å². The molecule has 4 rings (SSSR count). The molecule has 8 nitrogen and oxygen atoms in total. The number of benzene rings is 2. The maximum Gasteiger partial charge on any atom is 0.162 e. The first-order valence-electron chi connectivity index (χ1n) is 12.4. The Hall–Kier alpha value is -2.52. The number of methoxy groups -OCH3 is 2. The molecule has 0 saturated carbocycles. The monoisotopic (exact) mass is 547 g/mol. The third-order valence-electron chi connectivity index (χ3n) is 6.61. The van der Waals surface area contributed by atoms with Crippen LogP contribution in [0.25, 0.3) is 10.9 Å². The number of ether oxygens (including phenoxy) is 3. The number of hydrogen-bond acceptors (Lipinski definition) is 8. The average molecular weight is 549 g/mol. The van der Waals surface area contributed by atoms with Gasteiger partial charge in [0, 0.05) is 55.8 Å². The molecular weight excluding hydrogens is 513 g/mol. The van der Waals surface area contributed by atoms with E-state index in [4.69, 9.17) is 37.4 Å². The van der Waals surface area contributed by atoms with E-state index in [0.717, 1.165) is 50.0 Å². The molecule has 2 aromatic carbocycles. The smallest absolute Gasteiger partial charge is 0.162 e. The van der Waals surface area contributed by atoms with Crippen molar-refractivity contribution in [2.24, 2.45) is 0 Å². The van der Waals surface area contributed by atoms with E-state index in [2.05, 4.69) is 45.9 Å². The molecule has 1 aromatic heterocycles. The summed E-state index contributed by atoms with van der Waals surface area (Å²) in [4.78, 5) is 13.9. The zero-order valence-electron chi connectivity index (χ0n) is 22.1. The molecule has 200 valence electrons. The number of nitrogens with one attached hydrogen (secondary N) is 1. The van der Waals surface area contributed by atoms with E-state index in [1.54, 1.807) is 26.4 Å². The van der Waals surface area contributed by atoms with Gasteiger partial charge in [0.15, 0.2) is 11.5 Å². The summed E-state index contributed by atoms with van der Waals surface area (Å²) in [6.07, 6.45) is 2.42. The fourth-order valence-electron chi connectivity index (χ4n) is 4.46. The molecule has 1 N–H and O–H groups in total. The summed E-state index contributed by atoms with van der Waals surface area (Å²) in [7, 11) is 3.18. The quantitative estimate of drug-likeness (QED) is 0.333. The Morgan fingerprint density at radius 1 is 0.892 bits per heavy atom. The molecular formula is C27H35Cl2N5O3. The lowest BCUT2D eigenvalue weighted by Gasteiger charge is -2.42. The van der Waals surface area contributed by atoms with Crippen LogP contribution in [-0.2, 0) is 0 Å². The highest BCUT2D eigenvalue weighted by Gasteiger charge is 2.25. The maximum atomic E-state index is 6.42. The van der Waals surface area contributed by atoms with E-state index in [9.17, 15) is 0 Å². The van der Waals surface area contributed by atoms with Crippen molar-refractivity contribution in [3.8, 4) is 17.2 Å². The number of aromatic nitrogens is 2. The Morgan fingerprint density at radius 2 is 1.62 bits per heavy atom. The third kappa shape index (κ3) is 6.68. The van der Waals surface area contributed by atoms with Crippen molar-refractivity contribution in [2.45, 2.75) is 32.7 Å². The standard InChI is InChI=1S/C27H35Cl2N5O3/c1-27(2,3)34-10-8-33(9-11-34)7-6-12-37-25-13-18-21(15-24(25)36-5)30-17-31-26(18)32-22-16-23(35-4)20(29)14-19(22)28/h13-17H,6-12H2,1-5H3,(H,30,31,32). The number of hydrogen-bond donors (Lipinski definition) is 1. The lowest BCUT2D eigenvalue weighted by molar-refractivity contribution is 0.0601. The van der Waals surface area contributed by atoms with Crippen LogP contribution in [0.15, 0.2) is 30.6 Å². The average Bonchev–Trinajstić information content (AvgIpc) is 2.87. The molecule has 37 heavy (non-hydrogen) atoms. The molecule has 1 aliphatic rings. The van der Waals surface area contributed by atoms with Gasteiger partial charge in [-0.3, -0.25) is 4.90 Å². The molecule has 1 saturated heterocycles. The number of rotatable bonds is 9. The second-order valence-electron chi connectivity index (χ2n) is 10.0. The van der Waals surface area contributed by atoms with Crippen molar-refractivity contribution in [3.63, 3.8) is 0 Å². The predicted octanol–water partition coefficient (Wildman–Crippen LogP) is 5.88. The Bertz CT molecular complexity index is 1230. The number of nitrogens with zero attached hydrogens (tertiary/aromatic N) is 4. The van der Waals surface area contributed by atoms with Crippen LogP contribution in [0, 0.1) is 0 Å². The van der Waals surface area contributed by atoms with Crippen molar-refractivity contribution in [1.82, 2.24) is 19.8 Å². The summed E-state index contributed by atoms with van der Waals surface area (Å²) < 4.78 is 17.1. The largest absolute Gasteiger partial charge is 0.495 e. The molecule has 1 aliphatic heterocycles. The second kappa shape index (κ2) is 11.9. The fraction of sp³-hybridized carbons (Fsp3) is 0.481. The predicted molar refractivity (Wildman–Crippen MR) is 150 cm³/mol. The van der Waals surface area contributed by atoms with Gasteiger partial charge in [0.25, 0.3) is 0 Å². The van der Waals surface area contributed by atoms with Gasteiger partial charge in [-0.25, -0.2) is 9.97 Å². The third-order valence-corrected chi connectivity index (χ3v) is 7.22. The lowest BCUT2D eigenvalue weighted by Crippen LogP contribution is -2.53. The SMILES string of the molecule is COc1cc(Nc2ncnc3cc(OC)c(OCCCN4CCN(C(C)(C)C)CC4)cc23)c(Cl)cc1Cl. The molecule has 1 fully saturated rings. The molecule has 0 aliphatic carbocycles. The number of anilines is 2. The van der Waals surface area contributed by atoms with E-state index >= 15 is 0 Å². The highest BCUT2D eigenvalue weighted by atomic mass is 35.5. The van der Waals surface area contributed by atoms with Crippen molar-refractivity contribution >= 4 is 45.6 Å². The molecule has 0 bridgehead atoms. The van der Waals surface area contributed by atoms with Gasteiger partial charge in [0.05, 0.1) is 42.1 Å². The molecule has 0 spiro atoms. The number of fused-ring (bicyclic) bond motifs is 1. The van der Waals surface area contributed by atoms with E-state index in [1.807, 2.05) is 12.1 Å². The van der Waals surface area contributed by atoms with Gasteiger partial charge in [-0.15, -0.1) is 0 Å². The van der Waals surface area contributed by atoms with Gasteiger partial charge >= 0.3 is 0 Å². The van der Waals surface area contributed by atoms with E-state index in [0.29, 0.717) is 45.4 Å². The first kappa shape index (κ1) is 27.5. The summed E-state index contributed by atoms with van der Waals surface area (Å²) in [5, 5.41) is 4.94. The van der Waals surface area contributed by atoms with Crippen LogP contribution >= 0.6 is 23.2 Å². The Labute approximate surface area is 228 Å². The lowest BCUT2D eigenvalue weighted by atomic mass is 10.0. The van der Waals surface area contributed by atoms with Gasteiger partial charge in [-0.05, 0) is 39.3 Å². The van der Waals surface area contributed by atoms with Crippen LogP contribution in [0.5, 0.6) is 17.2 Å². The number of piperazine rings is 1. The summed E-state index contributed by atoms with van der Waals surface area (Å²) in [6, 6.07) is 7.13. The second-order valence-corrected chi connectivity index (χ2v) is 10.9. The Morgan fingerprint density at radius 3 is 2.30 bits per heavy atom. The van der Waals surface area contributed by atoms with Crippen LogP contribution in [0.2, 0.25) is 10.0 Å². The first-order chi connectivity index (χ1) is 17.7. The fourth-order valence-corrected chi connectivity index (χ4v) is 4.97. The van der Waals surface area contributed by atoms with Crippen LogP contribution in [0.4, 0.5) is 11.5 Å². The topological polar surface area (TPSA) is 72.0 Å². The number of halogens is 2. The normalized spacial score (nSPS) is 15.1. The summed E-state index contributed by atoms with van der Waals surface area (Å²) in [5.74, 6) is 2.37. The first-order valence-corrected chi connectivity index (χ1v) is 13.2. The van der Waals surface area contributed by atoms with Crippen molar-refractivity contribution in [2.75, 3.05) is 58.9 Å². The summed E-state index contributed by atoms with van der Waals surface area (Å²) in [5.41, 5.74) is 1.56.